The molecule has 0 N–H and O–H groups in total. The van der Waals surface area contributed by atoms with Crippen LogP contribution in [0.4, 0.5) is 0 Å². The molecule has 1 rings (SSSR count). The molecule has 16 heavy (non-hydrogen) atoms. The number of nitrogens with zero attached hydrogens (tertiary/aromatic N) is 1. The highest BCUT2D eigenvalue weighted by molar-refractivity contribution is 8.00. The van der Waals surface area contributed by atoms with Crippen LogP contribution in [0.15, 0.2) is 0 Å². The molecule has 1 saturated heterocycles. The number of hydrogen-bond donors (Lipinski definition) is 0. The molecule has 5 unspecified atom stereocenters. The van der Waals surface area contributed by atoms with Crippen LogP contribution in [0, 0.1) is 11.8 Å². The molecule has 2 heteroatoms. The van der Waals surface area contributed by atoms with Crippen molar-refractivity contribution >= 4 is 11.8 Å². The lowest BCUT2D eigenvalue weighted by Crippen LogP contribution is -2.41. The minimum Gasteiger partial charge on any atom is -0.291 e. The predicted octanol–water partition coefficient (Wildman–Crippen LogP) is 4.23. The molecule has 1 aliphatic heterocycles. The highest BCUT2D eigenvalue weighted by Crippen LogP contribution is 2.41. The fourth-order valence-corrected chi connectivity index (χ4v) is 5.17. The zero-order valence-corrected chi connectivity index (χ0v) is 12.7. The Kier molecular flexibility index (Phi) is 5.66. The van der Waals surface area contributed by atoms with Crippen molar-refractivity contribution in [2.24, 2.45) is 11.8 Å². The molecular formula is C14H29NS. The average molecular weight is 243 g/mol. The first-order valence-corrected chi connectivity index (χ1v) is 7.88. The SMILES string of the molecule is CCC1C(C)SC(CC)N(C)C(CC)C1C. The van der Waals surface area contributed by atoms with E-state index in [2.05, 4.69) is 58.3 Å². The molecule has 1 aliphatic rings. The normalized spacial score (nSPS) is 42.0. The van der Waals surface area contributed by atoms with Crippen molar-refractivity contribution in [3.05, 3.63) is 0 Å². The van der Waals surface area contributed by atoms with Gasteiger partial charge in [-0.2, -0.15) is 0 Å². The van der Waals surface area contributed by atoms with Crippen molar-refractivity contribution in [2.75, 3.05) is 7.05 Å². The summed E-state index contributed by atoms with van der Waals surface area (Å²) in [7, 11) is 2.33. The van der Waals surface area contributed by atoms with Crippen molar-refractivity contribution in [3.63, 3.8) is 0 Å². The van der Waals surface area contributed by atoms with E-state index in [1.807, 2.05) is 0 Å². The van der Waals surface area contributed by atoms with Crippen LogP contribution in [0.3, 0.4) is 0 Å². The molecule has 5 atom stereocenters. The zero-order chi connectivity index (χ0) is 12.3. The van der Waals surface area contributed by atoms with Crippen molar-refractivity contribution in [1.29, 1.82) is 0 Å². The topological polar surface area (TPSA) is 3.24 Å². The van der Waals surface area contributed by atoms with E-state index in [1.54, 1.807) is 0 Å². The van der Waals surface area contributed by atoms with Crippen LogP contribution < -0.4 is 0 Å². The highest BCUT2D eigenvalue weighted by Gasteiger charge is 2.37. The molecular weight excluding hydrogens is 214 g/mol. The van der Waals surface area contributed by atoms with Crippen LogP contribution in [0.1, 0.15) is 53.9 Å². The molecule has 0 radical (unpaired) electrons. The minimum atomic E-state index is 0.721. The van der Waals surface area contributed by atoms with Crippen molar-refractivity contribution in [2.45, 2.75) is 70.5 Å². The molecule has 0 aromatic rings. The van der Waals surface area contributed by atoms with E-state index < -0.39 is 0 Å². The third kappa shape index (κ3) is 2.76. The van der Waals surface area contributed by atoms with Gasteiger partial charge in [-0.15, -0.1) is 11.8 Å². The van der Waals surface area contributed by atoms with Gasteiger partial charge >= 0.3 is 0 Å². The molecule has 0 saturated carbocycles. The lowest BCUT2D eigenvalue weighted by molar-refractivity contribution is 0.134. The molecule has 1 heterocycles. The molecule has 0 aliphatic carbocycles. The van der Waals surface area contributed by atoms with Crippen LogP contribution in [-0.4, -0.2) is 28.6 Å². The summed E-state index contributed by atoms with van der Waals surface area (Å²) in [6.07, 6.45) is 3.89. The second-order valence-electron chi connectivity index (χ2n) is 5.28. The van der Waals surface area contributed by atoms with Crippen molar-refractivity contribution in [1.82, 2.24) is 4.90 Å². The van der Waals surface area contributed by atoms with Gasteiger partial charge in [-0.1, -0.05) is 41.0 Å². The third-order valence-corrected chi connectivity index (χ3v) is 6.23. The maximum atomic E-state index is 2.64. The summed E-state index contributed by atoms with van der Waals surface area (Å²) >= 11 is 2.20. The molecule has 1 nitrogen and oxygen atoms in total. The molecule has 1 fully saturated rings. The zero-order valence-electron chi connectivity index (χ0n) is 11.9. The molecule has 96 valence electrons. The minimum absolute atomic E-state index is 0.721. The van der Waals surface area contributed by atoms with E-state index in [-0.39, 0.29) is 0 Å². The first-order valence-electron chi connectivity index (χ1n) is 6.94. The van der Waals surface area contributed by atoms with E-state index in [0.717, 1.165) is 28.5 Å². The Balaban J connectivity index is 2.91. The van der Waals surface area contributed by atoms with Gasteiger partial charge in [0.15, 0.2) is 0 Å². The number of thioether (sulfide) groups is 1. The Labute approximate surface area is 106 Å². The summed E-state index contributed by atoms with van der Waals surface area (Å²) in [4.78, 5) is 2.64. The molecule has 0 spiro atoms. The third-order valence-electron chi connectivity index (χ3n) is 4.47. The van der Waals surface area contributed by atoms with E-state index >= 15 is 0 Å². The largest absolute Gasteiger partial charge is 0.291 e. The fraction of sp³-hybridized carbons (Fsp3) is 1.00. The summed E-state index contributed by atoms with van der Waals surface area (Å²) in [5.41, 5.74) is 0. The van der Waals surface area contributed by atoms with E-state index in [4.69, 9.17) is 0 Å². The Morgan fingerprint density at radius 3 is 2.06 bits per heavy atom. The fourth-order valence-electron chi connectivity index (χ4n) is 3.49. The van der Waals surface area contributed by atoms with Crippen molar-refractivity contribution < 1.29 is 0 Å². The Morgan fingerprint density at radius 2 is 1.62 bits per heavy atom. The summed E-state index contributed by atoms with van der Waals surface area (Å²) < 4.78 is 0. The van der Waals surface area contributed by atoms with Gasteiger partial charge in [0.25, 0.3) is 0 Å². The van der Waals surface area contributed by atoms with Gasteiger partial charge in [0, 0.05) is 11.3 Å². The Bertz CT molecular complexity index is 207. The highest BCUT2D eigenvalue weighted by atomic mass is 32.2. The second kappa shape index (κ2) is 6.30. The standard InChI is InChI=1S/C14H29NS/c1-7-12-10(4)13(8-2)15(6)14(9-3)16-11(12)5/h10-14H,7-9H2,1-6H3. The van der Waals surface area contributed by atoms with Crippen LogP contribution >= 0.6 is 11.8 Å². The molecule has 0 amide bonds. The van der Waals surface area contributed by atoms with Crippen LogP contribution in [0.5, 0.6) is 0 Å². The maximum absolute atomic E-state index is 2.64. The van der Waals surface area contributed by atoms with E-state index in [1.165, 1.54) is 19.3 Å². The summed E-state index contributed by atoms with van der Waals surface area (Å²) in [5.74, 6) is 1.72. The Morgan fingerprint density at radius 1 is 1.00 bits per heavy atom. The van der Waals surface area contributed by atoms with Gasteiger partial charge in [0.1, 0.15) is 0 Å². The van der Waals surface area contributed by atoms with E-state index in [0.29, 0.717) is 0 Å². The quantitative estimate of drug-likeness (QED) is 0.730. The van der Waals surface area contributed by atoms with Gasteiger partial charge < -0.3 is 0 Å². The monoisotopic (exact) mass is 243 g/mol. The predicted molar refractivity (Wildman–Crippen MR) is 75.9 cm³/mol. The van der Waals surface area contributed by atoms with Crippen molar-refractivity contribution in [3.8, 4) is 0 Å². The van der Waals surface area contributed by atoms with Gasteiger partial charge in [-0.3, -0.25) is 4.90 Å². The van der Waals surface area contributed by atoms with Crippen LogP contribution in [0.25, 0.3) is 0 Å². The lowest BCUT2D eigenvalue weighted by atomic mass is 9.82. The summed E-state index contributed by atoms with van der Waals surface area (Å²) in [6, 6.07) is 0.771. The van der Waals surface area contributed by atoms with E-state index in [9.17, 15) is 0 Å². The maximum Gasteiger partial charge on any atom is 0.0557 e. The lowest BCUT2D eigenvalue weighted by Gasteiger charge is -2.35. The second-order valence-corrected chi connectivity index (χ2v) is 6.84. The van der Waals surface area contributed by atoms with Gasteiger partial charge in [0.05, 0.1) is 5.37 Å². The molecule has 0 aromatic carbocycles. The van der Waals surface area contributed by atoms with Gasteiger partial charge in [-0.25, -0.2) is 0 Å². The number of rotatable bonds is 3. The first kappa shape index (κ1) is 14.4. The van der Waals surface area contributed by atoms with Crippen LogP contribution in [-0.2, 0) is 0 Å². The average Bonchev–Trinajstić information content (AvgIpc) is 2.34. The van der Waals surface area contributed by atoms with Gasteiger partial charge in [0.2, 0.25) is 0 Å². The van der Waals surface area contributed by atoms with Crippen LogP contribution in [0.2, 0.25) is 0 Å². The first-order chi connectivity index (χ1) is 7.56. The number of hydrogen-bond acceptors (Lipinski definition) is 2. The Hall–Kier alpha value is 0.310. The summed E-state index contributed by atoms with van der Waals surface area (Å²) in [6.45, 7) is 11.9. The molecule has 0 aromatic heterocycles. The molecule has 0 bridgehead atoms. The summed E-state index contributed by atoms with van der Waals surface area (Å²) in [5, 5.41) is 1.53. The van der Waals surface area contributed by atoms with Gasteiger partial charge in [-0.05, 0) is 31.7 Å². The smallest absolute Gasteiger partial charge is 0.0557 e.